The molecule has 0 radical (unpaired) electrons. The second-order valence-electron chi connectivity index (χ2n) is 5.15. The second kappa shape index (κ2) is 5.85. The lowest BCUT2D eigenvalue weighted by atomic mass is 9.89. The van der Waals surface area contributed by atoms with Crippen LogP contribution in [-0.2, 0) is 11.2 Å². The fourth-order valence-corrected chi connectivity index (χ4v) is 4.05. The highest BCUT2D eigenvalue weighted by Crippen LogP contribution is 2.28. The highest BCUT2D eigenvalue weighted by Gasteiger charge is 2.38. The van der Waals surface area contributed by atoms with Gasteiger partial charge in [-0.2, -0.15) is 0 Å². The van der Waals surface area contributed by atoms with E-state index >= 15 is 0 Å². The zero-order valence-electron chi connectivity index (χ0n) is 11.0. The molecule has 18 heavy (non-hydrogen) atoms. The molecule has 1 atom stereocenters. The number of halogens is 1. The zero-order valence-corrected chi connectivity index (χ0v) is 13.4. The highest BCUT2D eigenvalue weighted by atomic mass is 79.9. The molecule has 1 aliphatic rings. The highest BCUT2D eigenvalue weighted by molar-refractivity contribution is 9.10. The van der Waals surface area contributed by atoms with Crippen LogP contribution < -0.4 is 0 Å². The lowest BCUT2D eigenvalue weighted by molar-refractivity contribution is -0.129. The third-order valence-corrected chi connectivity index (χ3v) is 5.75. The van der Waals surface area contributed by atoms with Crippen molar-refractivity contribution >= 4 is 33.0 Å². The molecule has 0 spiro atoms. The Morgan fingerprint density at radius 3 is 2.67 bits per heavy atom. The van der Waals surface area contributed by atoms with Gasteiger partial charge >= 0.3 is 0 Å². The van der Waals surface area contributed by atoms with Crippen LogP contribution in [0.3, 0.4) is 0 Å². The Balaban J connectivity index is 2.09. The number of carbonyl (C=O) groups excluding carboxylic acids is 1. The third kappa shape index (κ3) is 2.86. The molecule has 0 N–H and O–H groups in total. The van der Waals surface area contributed by atoms with E-state index in [2.05, 4.69) is 40.7 Å². The van der Waals surface area contributed by atoms with Gasteiger partial charge in [-0.15, -0.1) is 11.3 Å². The summed E-state index contributed by atoms with van der Waals surface area (Å²) in [6, 6.07) is 2.06. The summed E-state index contributed by atoms with van der Waals surface area (Å²) in [5.41, 5.74) is -0.271. The minimum absolute atomic E-state index is 0.271. The van der Waals surface area contributed by atoms with E-state index in [-0.39, 0.29) is 5.54 Å². The molecule has 4 heteroatoms. The molecule has 100 valence electrons. The van der Waals surface area contributed by atoms with Crippen molar-refractivity contribution in [2.75, 3.05) is 13.1 Å². The minimum Gasteiger partial charge on any atom is -0.297 e. The molecule has 2 rings (SSSR count). The maximum atomic E-state index is 12.6. The van der Waals surface area contributed by atoms with E-state index in [0.717, 1.165) is 28.9 Å². The van der Waals surface area contributed by atoms with Crippen LogP contribution in [0.5, 0.6) is 0 Å². The van der Waals surface area contributed by atoms with Gasteiger partial charge in [0.2, 0.25) is 0 Å². The van der Waals surface area contributed by atoms with Gasteiger partial charge in [0.25, 0.3) is 0 Å². The molecule has 0 aliphatic carbocycles. The Kier molecular flexibility index (Phi) is 4.62. The van der Waals surface area contributed by atoms with E-state index in [1.807, 2.05) is 5.38 Å². The summed E-state index contributed by atoms with van der Waals surface area (Å²) in [4.78, 5) is 16.1. The Bertz CT molecular complexity index is 425. The average Bonchev–Trinajstić information content (AvgIpc) is 2.99. The first-order valence-corrected chi connectivity index (χ1v) is 8.25. The molecule has 1 aliphatic heterocycles. The topological polar surface area (TPSA) is 20.3 Å². The Morgan fingerprint density at radius 2 is 2.17 bits per heavy atom. The Morgan fingerprint density at radius 1 is 1.50 bits per heavy atom. The molecule has 1 aromatic heterocycles. The van der Waals surface area contributed by atoms with Gasteiger partial charge in [0.15, 0.2) is 5.78 Å². The number of nitrogens with zero attached hydrogens (tertiary/aromatic N) is 1. The smallest absolute Gasteiger partial charge is 0.157 e. The van der Waals surface area contributed by atoms with Gasteiger partial charge in [-0.05, 0) is 61.3 Å². The molecule has 1 aromatic rings. The van der Waals surface area contributed by atoms with Crippen molar-refractivity contribution in [2.24, 2.45) is 0 Å². The van der Waals surface area contributed by atoms with Gasteiger partial charge in [0.05, 0.1) is 5.54 Å². The molecular weight excluding hydrogens is 310 g/mol. The molecule has 2 nitrogen and oxygen atoms in total. The summed E-state index contributed by atoms with van der Waals surface area (Å²) in [6.07, 6.45) is 3.93. The molecule has 1 saturated heterocycles. The van der Waals surface area contributed by atoms with Crippen LogP contribution in [0.4, 0.5) is 0 Å². The lowest BCUT2D eigenvalue weighted by Gasteiger charge is -2.36. The number of likely N-dealkylation sites (tertiary alicyclic amines) is 1. The molecule has 0 amide bonds. The van der Waals surface area contributed by atoms with Crippen molar-refractivity contribution in [1.29, 1.82) is 0 Å². The molecular formula is C14H20BrNOS. The van der Waals surface area contributed by atoms with Gasteiger partial charge < -0.3 is 0 Å². The molecule has 0 aromatic carbocycles. The van der Waals surface area contributed by atoms with E-state index in [1.54, 1.807) is 11.3 Å². The molecule has 1 fully saturated rings. The summed E-state index contributed by atoms with van der Waals surface area (Å²) in [7, 11) is 0. The average molecular weight is 330 g/mol. The fraction of sp³-hybridized carbons (Fsp3) is 0.643. The number of ketones is 1. The predicted octanol–water partition coefficient (Wildman–Crippen LogP) is 3.89. The SMILES string of the molecule is CCC(C)(C(=O)Cc1cc(Br)cs1)N1CCCC1. The maximum Gasteiger partial charge on any atom is 0.157 e. The van der Waals surface area contributed by atoms with Crippen LogP contribution in [0.15, 0.2) is 15.9 Å². The number of carbonyl (C=O) groups is 1. The summed E-state index contributed by atoms with van der Waals surface area (Å²) < 4.78 is 1.08. The van der Waals surface area contributed by atoms with Gasteiger partial charge in [0.1, 0.15) is 0 Å². The van der Waals surface area contributed by atoms with Gasteiger partial charge in [-0.25, -0.2) is 0 Å². The molecule has 2 heterocycles. The first-order chi connectivity index (χ1) is 8.56. The van der Waals surface area contributed by atoms with Crippen LogP contribution >= 0.6 is 27.3 Å². The third-order valence-electron chi connectivity index (χ3n) is 4.05. The standard InChI is InChI=1S/C14H20BrNOS/c1-3-14(2,16-6-4-5-7-16)13(17)9-12-8-11(15)10-18-12/h8,10H,3-7,9H2,1-2H3. The van der Waals surface area contributed by atoms with Gasteiger partial charge in [-0.1, -0.05) is 6.92 Å². The zero-order chi connectivity index (χ0) is 13.2. The predicted molar refractivity (Wildman–Crippen MR) is 80.2 cm³/mol. The fourth-order valence-electron chi connectivity index (χ4n) is 2.60. The number of rotatable bonds is 5. The quantitative estimate of drug-likeness (QED) is 0.816. The number of hydrogen-bond acceptors (Lipinski definition) is 3. The van der Waals surface area contributed by atoms with Crippen molar-refractivity contribution in [3.05, 3.63) is 20.8 Å². The Labute approximate surface area is 122 Å². The van der Waals surface area contributed by atoms with Crippen LogP contribution in [0.2, 0.25) is 0 Å². The number of Topliss-reactive ketones (excluding diaryl/α,β-unsaturated/α-hetero) is 1. The number of hydrogen-bond donors (Lipinski definition) is 0. The van der Waals surface area contributed by atoms with E-state index in [1.165, 1.54) is 12.8 Å². The maximum absolute atomic E-state index is 12.6. The number of thiophene rings is 1. The summed E-state index contributed by atoms with van der Waals surface area (Å²) in [6.45, 7) is 6.39. The normalized spacial score (nSPS) is 19.9. The lowest BCUT2D eigenvalue weighted by Crippen LogP contribution is -2.51. The summed E-state index contributed by atoms with van der Waals surface area (Å²) in [5.74, 6) is 0.362. The van der Waals surface area contributed by atoms with Crippen LogP contribution in [0, 0.1) is 0 Å². The van der Waals surface area contributed by atoms with Crippen molar-refractivity contribution in [1.82, 2.24) is 4.90 Å². The van der Waals surface area contributed by atoms with Crippen molar-refractivity contribution in [3.63, 3.8) is 0 Å². The van der Waals surface area contributed by atoms with Crippen molar-refractivity contribution in [2.45, 2.75) is 45.1 Å². The van der Waals surface area contributed by atoms with E-state index < -0.39 is 0 Å². The largest absolute Gasteiger partial charge is 0.297 e. The van der Waals surface area contributed by atoms with Crippen LogP contribution in [-0.4, -0.2) is 29.3 Å². The second-order valence-corrected chi connectivity index (χ2v) is 7.06. The minimum atomic E-state index is -0.271. The van der Waals surface area contributed by atoms with Crippen molar-refractivity contribution in [3.8, 4) is 0 Å². The monoisotopic (exact) mass is 329 g/mol. The first kappa shape index (κ1) is 14.2. The van der Waals surface area contributed by atoms with Crippen LogP contribution in [0.25, 0.3) is 0 Å². The molecule has 0 bridgehead atoms. The van der Waals surface area contributed by atoms with Crippen molar-refractivity contribution < 1.29 is 4.79 Å². The van der Waals surface area contributed by atoms with Gasteiger partial charge in [0, 0.05) is 21.2 Å². The first-order valence-electron chi connectivity index (χ1n) is 6.57. The van der Waals surface area contributed by atoms with Crippen LogP contribution in [0.1, 0.15) is 38.0 Å². The van der Waals surface area contributed by atoms with E-state index in [0.29, 0.717) is 12.2 Å². The summed E-state index contributed by atoms with van der Waals surface area (Å²) >= 11 is 5.11. The molecule has 1 unspecified atom stereocenters. The van der Waals surface area contributed by atoms with E-state index in [4.69, 9.17) is 0 Å². The summed E-state index contributed by atoms with van der Waals surface area (Å²) in [5, 5.41) is 2.04. The van der Waals surface area contributed by atoms with E-state index in [9.17, 15) is 4.79 Å². The Hall–Kier alpha value is -0.190. The van der Waals surface area contributed by atoms with Gasteiger partial charge in [-0.3, -0.25) is 9.69 Å². The molecule has 0 saturated carbocycles.